The standard InChI is InChI=1S/C26H14N4O5/c27-17-5-1-3-7-19(17)29-23(31)13-9-11-15-22-16(12-10-14(21(13)22)24(29)32)26(34)30(25(15)33)20-8-4-2-6-18(20)28-35/h1-12H,27H2. The van der Waals surface area contributed by atoms with Crippen LogP contribution in [0.4, 0.5) is 22.7 Å². The van der Waals surface area contributed by atoms with Crippen LogP contribution < -0.4 is 15.5 Å². The number of amides is 4. The van der Waals surface area contributed by atoms with Crippen LogP contribution in [0.2, 0.25) is 0 Å². The number of rotatable bonds is 3. The van der Waals surface area contributed by atoms with Gasteiger partial charge in [-0.15, -0.1) is 4.91 Å². The first-order chi connectivity index (χ1) is 16.9. The van der Waals surface area contributed by atoms with Crippen molar-refractivity contribution in [1.82, 2.24) is 0 Å². The van der Waals surface area contributed by atoms with E-state index >= 15 is 0 Å². The first-order valence-electron chi connectivity index (χ1n) is 10.6. The largest absolute Gasteiger partial charge is 0.397 e. The van der Waals surface area contributed by atoms with Gasteiger partial charge >= 0.3 is 0 Å². The summed E-state index contributed by atoms with van der Waals surface area (Å²) in [5.41, 5.74) is 7.14. The first-order valence-corrected chi connectivity index (χ1v) is 10.6. The number of imide groups is 2. The molecule has 9 nitrogen and oxygen atoms in total. The summed E-state index contributed by atoms with van der Waals surface area (Å²) in [5, 5.41) is 3.40. The first kappa shape index (κ1) is 20.4. The molecule has 168 valence electrons. The fourth-order valence-corrected chi connectivity index (χ4v) is 4.73. The number of benzene rings is 4. The van der Waals surface area contributed by atoms with Gasteiger partial charge in [0.15, 0.2) is 0 Å². The van der Waals surface area contributed by atoms with E-state index in [4.69, 9.17) is 5.73 Å². The number of carbonyl (C=O) groups is 4. The molecular formula is C26H14N4O5. The highest BCUT2D eigenvalue weighted by Crippen LogP contribution is 2.42. The van der Waals surface area contributed by atoms with Gasteiger partial charge in [0.1, 0.15) is 5.69 Å². The molecule has 0 bridgehead atoms. The molecular weight excluding hydrogens is 448 g/mol. The van der Waals surface area contributed by atoms with Crippen LogP contribution in [0.15, 0.2) is 78.0 Å². The number of hydrogen-bond acceptors (Lipinski definition) is 7. The van der Waals surface area contributed by atoms with Crippen molar-refractivity contribution in [2.45, 2.75) is 0 Å². The van der Waals surface area contributed by atoms with Crippen LogP contribution >= 0.6 is 0 Å². The van der Waals surface area contributed by atoms with E-state index in [0.29, 0.717) is 0 Å². The molecule has 2 aliphatic rings. The molecule has 6 rings (SSSR count). The van der Waals surface area contributed by atoms with Gasteiger partial charge in [0, 0.05) is 33.0 Å². The van der Waals surface area contributed by atoms with Crippen LogP contribution in [0, 0.1) is 4.91 Å². The predicted octanol–water partition coefficient (Wildman–Crippen LogP) is 4.42. The second kappa shape index (κ2) is 7.16. The molecule has 2 aliphatic heterocycles. The van der Waals surface area contributed by atoms with Gasteiger partial charge in [-0.3, -0.25) is 19.2 Å². The summed E-state index contributed by atoms with van der Waals surface area (Å²) in [4.78, 5) is 67.0. The zero-order chi connectivity index (χ0) is 24.4. The molecule has 0 aliphatic carbocycles. The Morgan fingerprint density at radius 3 is 1.40 bits per heavy atom. The van der Waals surface area contributed by atoms with Gasteiger partial charge in [0.05, 0.1) is 17.1 Å². The molecule has 0 aromatic heterocycles. The summed E-state index contributed by atoms with van der Waals surface area (Å²) in [7, 11) is 0. The monoisotopic (exact) mass is 462 g/mol. The lowest BCUT2D eigenvalue weighted by molar-refractivity contribution is 0.0873. The molecule has 0 spiro atoms. The fourth-order valence-electron chi connectivity index (χ4n) is 4.73. The van der Waals surface area contributed by atoms with Gasteiger partial charge in [-0.05, 0) is 53.7 Å². The topological polar surface area (TPSA) is 130 Å². The predicted molar refractivity (Wildman–Crippen MR) is 129 cm³/mol. The molecule has 4 aromatic carbocycles. The Bertz CT molecular complexity index is 1610. The van der Waals surface area contributed by atoms with E-state index in [1.54, 1.807) is 36.4 Å². The maximum atomic E-state index is 13.5. The number of carbonyl (C=O) groups excluding carboxylic acids is 4. The minimum atomic E-state index is -0.683. The molecule has 9 heteroatoms. The lowest BCUT2D eigenvalue weighted by atomic mass is 9.85. The molecule has 0 atom stereocenters. The van der Waals surface area contributed by atoms with Crippen LogP contribution in [-0.2, 0) is 0 Å². The highest BCUT2D eigenvalue weighted by molar-refractivity contribution is 6.42. The van der Waals surface area contributed by atoms with E-state index in [1.807, 2.05) is 0 Å². The highest BCUT2D eigenvalue weighted by Gasteiger charge is 2.41. The molecule has 0 fully saturated rings. The average molecular weight is 462 g/mol. The molecule has 2 heterocycles. The number of nitrogens with two attached hydrogens (primary N) is 1. The number of nitrogen functional groups attached to an aromatic ring is 1. The van der Waals surface area contributed by atoms with Crippen molar-refractivity contribution < 1.29 is 19.2 Å². The Balaban J connectivity index is 1.58. The van der Waals surface area contributed by atoms with Crippen molar-refractivity contribution in [1.29, 1.82) is 0 Å². The van der Waals surface area contributed by atoms with Crippen molar-refractivity contribution in [3.8, 4) is 0 Å². The number of anilines is 3. The second-order valence-electron chi connectivity index (χ2n) is 8.10. The Kier molecular flexibility index (Phi) is 4.18. The second-order valence-corrected chi connectivity index (χ2v) is 8.10. The van der Waals surface area contributed by atoms with Gasteiger partial charge in [0.25, 0.3) is 23.6 Å². The van der Waals surface area contributed by atoms with E-state index in [9.17, 15) is 24.1 Å². The summed E-state index contributed by atoms with van der Waals surface area (Å²) in [6.07, 6.45) is 0. The molecule has 2 N–H and O–H groups in total. The van der Waals surface area contributed by atoms with E-state index in [0.717, 1.165) is 9.80 Å². The number of nitroso groups, excluding NO2 is 1. The Labute approximate surface area is 197 Å². The quantitative estimate of drug-likeness (QED) is 0.272. The highest BCUT2D eigenvalue weighted by atomic mass is 16.3. The average Bonchev–Trinajstić information content (AvgIpc) is 2.87. The lowest BCUT2D eigenvalue weighted by Crippen LogP contribution is -2.43. The smallest absolute Gasteiger partial charge is 0.266 e. The van der Waals surface area contributed by atoms with Gasteiger partial charge in [0.2, 0.25) is 0 Å². The third kappa shape index (κ3) is 2.63. The third-order valence-electron chi connectivity index (χ3n) is 6.29. The summed E-state index contributed by atoms with van der Waals surface area (Å²) in [5.74, 6) is -2.59. The Morgan fingerprint density at radius 2 is 0.943 bits per heavy atom. The van der Waals surface area contributed by atoms with Gasteiger partial charge in [-0.25, -0.2) is 9.80 Å². The molecule has 4 amide bonds. The molecule has 0 radical (unpaired) electrons. The number of para-hydroxylation sites is 3. The van der Waals surface area contributed by atoms with E-state index < -0.39 is 23.6 Å². The maximum absolute atomic E-state index is 13.5. The zero-order valence-corrected chi connectivity index (χ0v) is 17.9. The SMILES string of the molecule is Nc1ccccc1N1C(=O)c2ccc3c4c(ccc(c24)C1=O)C(=O)N(c1ccccc1N=O)C3=O. The zero-order valence-electron chi connectivity index (χ0n) is 17.9. The summed E-state index contributed by atoms with van der Waals surface area (Å²) >= 11 is 0. The fraction of sp³-hybridized carbons (Fsp3) is 0. The van der Waals surface area contributed by atoms with Crippen molar-refractivity contribution in [3.63, 3.8) is 0 Å². The summed E-state index contributed by atoms with van der Waals surface area (Å²) in [6.45, 7) is 0. The van der Waals surface area contributed by atoms with Crippen molar-refractivity contribution in [2.24, 2.45) is 5.18 Å². The van der Waals surface area contributed by atoms with Gasteiger partial charge < -0.3 is 5.73 Å². The minimum Gasteiger partial charge on any atom is -0.397 e. The van der Waals surface area contributed by atoms with Gasteiger partial charge in [-0.2, -0.15) is 0 Å². The van der Waals surface area contributed by atoms with Crippen LogP contribution in [0.3, 0.4) is 0 Å². The number of hydrogen-bond donors (Lipinski definition) is 1. The molecule has 35 heavy (non-hydrogen) atoms. The van der Waals surface area contributed by atoms with Crippen LogP contribution in [0.5, 0.6) is 0 Å². The molecule has 4 aromatic rings. The maximum Gasteiger partial charge on any atom is 0.266 e. The molecule has 0 saturated heterocycles. The minimum absolute atomic E-state index is 0.0504. The molecule has 0 saturated carbocycles. The van der Waals surface area contributed by atoms with Crippen molar-refractivity contribution in [3.05, 3.63) is 100.0 Å². The van der Waals surface area contributed by atoms with Crippen molar-refractivity contribution >= 4 is 57.2 Å². The van der Waals surface area contributed by atoms with Crippen molar-refractivity contribution in [2.75, 3.05) is 15.5 Å². The normalized spacial score (nSPS) is 14.6. The van der Waals surface area contributed by atoms with E-state index in [2.05, 4.69) is 5.18 Å². The summed E-state index contributed by atoms with van der Waals surface area (Å²) < 4.78 is 0. The molecule has 0 unspecified atom stereocenters. The number of nitrogens with zero attached hydrogens (tertiary/aromatic N) is 3. The van der Waals surface area contributed by atoms with Crippen LogP contribution in [0.25, 0.3) is 10.8 Å². The lowest BCUT2D eigenvalue weighted by Gasteiger charge is -2.32. The van der Waals surface area contributed by atoms with E-state index in [-0.39, 0.29) is 55.8 Å². The van der Waals surface area contributed by atoms with Crippen LogP contribution in [-0.4, -0.2) is 23.6 Å². The third-order valence-corrected chi connectivity index (χ3v) is 6.29. The Hall–Kier alpha value is -5.18. The Morgan fingerprint density at radius 1 is 0.543 bits per heavy atom. The van der Waals surface area contributed by atoms with E-state index in [1.165, 1.54) is 36.4 Å². The van der Waals surface area contributed by atoms with Crippen LogP contribution in [0.1, 0.15) is 41.4 Å². The van der Waals surface area contributed by atoms with Gasteiger partial charge in [-0.1, -0.05) is 24.3 Å². The summed E-state index contributed by atoms with van der Waals surface area (Å²) in [6, 6.07) is 18.3.